The molecule has 0 fully saturated rings. The van der Waals surface area contributed by atoms with Crippen LogP contribution in [0.25, 0.3) is 16.6 Å². The Morgan fingerprint density at radius 1 is 1.00 bits per heavy atom. The molecule has 4 rings (SSSR count). The SMILES string of the molecule is CCOc1ccc(-n2nc3c(CCNCCc4ccccc4)nnc(C)c3c2C)c(F)c1. The number of aryl methyl sites for hydroxylation is 2. The zero-order chi connectivity index (χ0) is 22.5. The minimum atomic E-state index is -0.380. The molecule has 2 heterocycles. The Morgan fingerprint density at radius 3 is 2.53 bits per heavy atom. The summed E-state index contributed by atoms with van der Waals surface area (Å²) in [5.41, 5.74) is 4.90. The number of hydrogen-bond acceptors (Lipinski definition) is 5. The van der Waals surface area contributed by atoms with E-state index < -0.39 is 0 Å². The molecule has 0 atom stereocenters. The van der Waals surface area contributed by atoms with E-state index in [1.165, 1.54) is 11.6 Å². The first-order valence-corrected chi connectivity index (χ1v) is 11.0. The van der Waals surface area contributed by atoms with Crippen molar-refractivity contribution in [2.75, 3.05) is 19.7 Å². The number of fused-ring (bicyclic) bond motifs is 1. The minimum Gasteiger partial charge on any atom is -0.494 e. The summed E-state index contributed by atoms with van der Waals surface area (Å²) in [4.78, 5) is 0. The van der Waals surface area contributed by atoms with Crippen LogP contribution in [0, 0.1) is 19.7 Å². The Labute approximate surface area is 187 Å². The lowest BCUT2D eigenvalue weighted by Crippen LogP contribution is -2.20. The smallest absolute Gasteiger partial charge is 0.152 e. The van der Waals surface area contributed by atoms with Gasteiger partial charge in [-0.25, -0.2) is 9.07 Å². The van der Waals surface area contributed by atoms with Crippen LogP contribution in [0.15, 0.2) is 48.5 Å². The Kier molecular flexibility index (Phi) is 6.75. The van der Waals surface area contributed by atoms with E-state index in [0.717, 1.165) is 47.5 Å². The van der Waals surface area contributed by atoms with E-state index in [-0.39, 0.29) is 5.82 Å². The maximum atomic E-state index is 14.8. The van der Waals surface area contributed by atoms with Gasteiger partial charge in [-0.2, -0.15) is 15.3 Å². The predicted octanol–water partition coefficient (Wildman–Crippen LogP) is 4.34. The summed E-state index contributed by atoms with van der Waals surface area (Å²) in [6.07, 6.45) is 1.67. The molecule has 0 saturated heterocycles. The quantitative estimate of drug-likeness (QED) is 0.398. The fraction of sp³-hybridized carbons (Fsp3) is 0.320. The standard InChI is InChI=1S/C25H28FN5O/c1-4-32-20-10-11-23(21(26)16-20)31-18(3)24-17(2)28-29-22(25(24)30-31)13-15-27-14-12-19-8-6-5-7-9-19/h5-11,16,27H,4,12-15H2,1-3H3. The second-order valence-corrected chi connectivity index (χ2v) is 7.73. The number of rotatable bonds is 9. The summed E-state index contributed by atoms with van der Waals surface area (Å²) >= 11 is 0. The third kappa shape index (κ3) is 4.62. The number of nitrogens with zero attached hydrogens (tertiary/aromatic N) is 4. The van der Waals surface area contributed by atoms with Crippen molar-refractivity contribution in [3.63, 3.8) is 0 Å². The summed E-state index contributed by atoms with van der Waals surface area (Å²) < 4.78 is 21.9. The maximum absolute atomic E-state index is 14.8. The van der Waals surface area contributed by atoms with Crippen molar-refractivity contribution in [2.24, 2.45) is 0 Å². The Morgan fingerprint density at radius 2 is 1.78 bits per heavy atom. The molecule has 0 bridgehead atoms. The van der Waals surface area contributed by atoms with Crippen molar-refractivity contribution in [2.45, 2.75) is 33.6 Å². The largest absolute Gasteiger partial charge is 0.494 e. The summed E-state index contributed by atoms with van der Waals surface area (Å²) in [5.74, 6) is 0.124. The highest BCUT2D eigenvalue weighted by Gasteiger charge is 2.18. The number of hydrogen-bond donors (Lipinski definition) is 1. The molecule has 0 saturated carbocycles. The van der Waals surface area contributed by atoms with Crippen molar-refractivity contribution in [3.8, 4) is 11.4 Å². The lowest BCUT2D eigenvalue weighted by molar-refractivity contribution is 0.338. The molecule has 0 radical (unpaired) electrons. The van der Waals surface area contributed by atoms with E-state index in [1.54, 1.807) is 16.8 Å². The van der Waals surface area contributed by atoms with Crippen LogP contribution in [0.1, 0.15) is 29.6 Å². The summed E-state index contributed by atoms with van der Waals surface area (Å²) in [7, 11) is 0. The van der Waals surface area contributed by atoms with Crippen LogP contribution >= 0.6 is 0 Å². The zero-order valence-electron chi connectivity index (χ0n) is 18.7. The highest BCUT2D eigenvalue weighted by molar-refractivity contribution is 5.85. The molecular formula is C25H28FN5O. The van der Waals surface area contributed by atoms with Gasteiger partial charge in [0.2, 0.25) is 0 Å². The molecule has 166 valence electrons. The van der Waals surface area contributed by atoms with Gasteiger partial charge in [0.1, 0.15) is 17.0 Å². The van der Waals surface area contributed by atoms with Gasteiger partial charge in [-0.1, -0.05) is 30.3 Å². The van der Waals surface area contributed by atoms with E-state index >= 15 is 0 Å². The van der Waals surface area contributed by atoms with Crippen molar-refractivity contribution in [1.82, 2.24) is 25.3 Å². The molecule has 32 heavy (non-hydrogen) atoms. The molecule has 0 spiro atoms. The van der Waals surface area contributed by atoms with Gasteiger partial charge in [-0.3, -0.25) is 0 Å². The Bertz CT molecular complexity index is 1210. The molecule has 0 aliphatic heterocycles. The molecule has 2 aromatic heterocycles. The van der Waals surface area contributed by atoms with Gasteiger partial charge in [0.25, 0.3) is 0 Å². The van der Waals surface area contributed by atoms with Gasteiger partial charge < -0.3 is 10.1 Å². The van der Waals surface area contributed by atoms with Crippen LogP contribution in [0.2, 0.25) is 0 Å². The summed E-state index contributed by atoms with van der Waals surface area (Å²) in [5, 5.41) is 17.9. The minimum absolute atomic E-state index is 0.380. The third-order valence-electron chi connectivity index (χ3n) is 5.50. The number of benzene rings is 2. The lowest BCUT2D eigenvalue weighted by Gasteiger charge is -2.08. The van der Waals surface area contributed by atoms with Crippen molar-refractivity contribution in [1.29, 1.82) is 0 Å². The van der Waals surface area contributed by atoms with Gasteiger partial charge in [0, 0.05) is 24.4 Å². The fourth-order valence-electron chi connectivity index (χ4n) is 3.90. The number of ether oxygens (including phenoxy) is 1. The Balaban J connectivity index is 1.53. The van der Waals surface area contributed by atoms with Gasteiger partial charge in [0.05, 0.1) is 23.7 Å². The van der Waals surface area contributed by atoms with Crippen molar-refractivity contribution >= 4 is 10.9 Å². The first kappa shape index (κ1) is 21.9. The van der Waals surface area contributed by atoms with Crippen LogP contribution in [-0.4, -0.2) is 39.7 Å². The van der Waals surface area contributed by atoms with Crippen LogP contribution in [0.4, 0.5) is 4.39 Å². The number of aromatic nitrogens is 4. The molecule has 0 unspecified atom stereocenters. The van der Waals surface area contributed by atoms with Gasteiger partial charge >= 0.3 is 0 Å². The van der Waals surface area contributed by atoms with E-state index in [1.807, 2.05) is 26.8 Å². The van der Waals surface area contributed by atoms with E-state index in [9.17, 15) is 4.39 Å². The summed E-state index contributed by atoms with van der Waals surface area (Å²) in [6.45, 7) is 7.85. The highest BCUT2D eigenvalue weighted by Crippen LogP contribution is 2.27. The molecule has 0 amide bonds. The van der Waals surface area contributed by atoms with E-state index in [0.29, 0.717) is 24.5 Å². The summed E-state index contributed by atoms with van der Waals surface area (Å²) in [6, 6.07) is 15.2. The highest BCUT2D eigenvalue weighted by atomic mass is 19.1. The maximum Gasteiger partial charge on any atom is 0.152 e. The van der Waals surface area contributed by atoms with Crippen LogP contribution < -0.4 is 10.1 Å². The average molecular weight is 434 g/mol. The third-order valence-corrected chi connectivity index (χ3v) is 5.50. The average Bonchev–Trinajstić information content (AvgIpc) is 3.14. The van der Waals surface area contributed by atoms with Gasteiger partial charge in [0.15, 0.2) is 5.82 Å². The topological polar surface area (TPSA) is 64.9 Å². The van der Waals surface area contributed by atoms with E-state index in [4.69, 9.17) is 9.84 Å². The molecule has 2 aromatic carbocycles. The molecule has 0 aliphatic rings. The van der Waals surface area contributed by atoms with Crippen molar-refractivity contribution < 1.29 is 9.13 Å². The molecular weight excluding hydrogens is 405 g/mol. The monoisotopic (exact) mass is 433 g/mol. The van der Waals surface area contributed by atoms with Gasteiger partial charge in [-0.05, 0) is 51.4 Å². The second kappa shape index (κ2) is 9.87. The first-order chi connectivity index (χ1) is 15.6. The van der Waals surface area contributed by atoms with Crippen LogP contribution in [-0.2, 0) is 12.8 Å². The molecule has 4 aromatic rings. The molecule has 7 heteroatoms. The molecule has 6 nitrogen and oxygen atoms in total. The lowest BCUT2D eigenvalue weighted by atomic mass is 10.1. The second-order valence-electron chi connectivity index (χ2n) is 7.73. The normalized spacial score (nSPS) is 11.2. The number of halogens is 1. The van der Waals surface area contributed by atoms with Gasteiger partial charge in [-0.15, -0.1) is 0 Å². The Hall–Kier alpha value is -3.32. The van der Waals surface area contributed by atoms with Crippen LogP contribution in [0.5, 0.6) is 5.75 Å². The first-order valence-electron chi connectivity index (χ1n) is 11.0. The fourth-order valence-corrected chi connectivity index (χ4v) is 3.90. The molecule has 0 aliphatic carbocycles. The van der Waals surface area contributed by atoms with E-state index in [2.05, 4.69) is 39.8 Å². The van der Waals surface area contributed by atoms with Crippen LogP contribution in [0.3, 0.4) is 0 Å². The predicted molar refractivity (Wildman–Crippen MR) is 124 cm³/mol. The molecule has 1 N–H and O–H groups in total. The van der Waals surface area contributed by atoms with Crippen molar-refractivity contribution in [3.05, 3.63) is 77.0 Å². The zero-order valence-corrected chi connectivity index (χ0v) is 18.7. The number of nitrogens with one attached hydrogen (secondary N) is 1.